The lowest BCUT2D eigenvalue weighted by atomic mass is 10.2. The second-order valence-corrected chi connectivity index (χ2v) is 4.51. The average molecular weight is 248 g/mol. The zero-order valence-electron chi connectivity index (χ0n) is 10.8. The van der Waals surface area contributed by atoms with Gasteiger partial charge in [0.1, 0.15) is 12.1 Å². The summed E-state index contributed by atoms with van der Waals surface area (Å²) in [6.45, 7) is 3.27. The number of unbranched alkanes of at least 4 members (excludes halogenated alkanes) is 3. The van der Waals surface area contributed by atoms with Gasteiger partial charge in [-0.25, -0.2) is 4.98 Å². The van der Waals surface area contributed by atoms with Crippen LogP contribution in [0.4, 0.5) is 5.82 Å². The van der Waals surface area contributed by atoms with E-state index in [0.29, 0.717) is 6.61 Å². The first-order chi connectivity index (χ1) is 8.81. The average Bonchev–Trinajstić information content (AvgIpc) is 2.81. The topological polar surface area (TPSA) is 62.5 Å². The van der Waals surface area contributed by atoms with Gasteiger partial charge in [-0.2, -0.15) is 9.61 Å². The van der Waals surface area contributed by atoms with E-state index in [9.17, 15) is 0 Å². The quantitative estimate of drug-likeness (QED) is 0.736. The van der Waals surface area contributed by atoms with Crippen molar-refractivity contribution in [1.29, 1.82) is 0 Å². The van der Waals surface area contributed by atoms with Gasteiger partial charge in [-0.05, 0) is 37.5 Å². The molecule has 0 fully saturated rings. The van der Waals surface area contributed by atoms with Crippen LogP contribution in [0.25, 0.3) is 5.65 Å². The highest BCUT2D eigenvalue weighted by molar-refractivity contribution is 5.51. The van der Waals surface area contributed by atoms with Gasteiger partial charge < -0.3 is 10.4 Å². The lowest BCUT2D eigenvalue weighted by Gasteiger charge is -2.08. The molecule has 2 aromatic rings. The molecular formula is C13H20N4O. The van der Waals surface area contributed by atoms with E-state index in [1.54, 1.807) is 6.33 Å². The van der Waals surface area contributed by atoms with Crippen LogP contribution >= 0.6 is 0 Å². The molecule has 0 saturated carbocycles. The number of pyridine rings is 1. The number of rotatable bonds is 7. The van der Waals surface area contributed by atoms with E-state index < -0.39 is 0 Å². The largest absolute Gasteiger partial charge is 0.396 e. The van der Waals surface area contributed by atoms with E-state index in [4.69, 9.17) is 5.11 Å². The summed E-state index contributed by atoms with van der Waals surface area (Å²) < 4.78 is 1.82. The smallest absolute Gasteiger partial charge is 0.157 e. The Morgan fingerprint density at radius 3 is 2.89 bits per heavy atom. The fourth-order valence-electron chi connectivity index (χ4n) is 1.99. The molecule has 0 bridgehead atoms. The normalized spacial score (nSPS) is 11.0. The van der Waals surface area contributed by atoms with Gasteiger partial charge in [-0.15, -0.1) is 0 Å². The molecule has 5 heteroatoms. The number of aliphatic hydroxyl groups is 1. The third-order valence-corrected chi connectivity index (χ3v) is 2.91. The number of nitrogens with zero attached hydrogens (tertiary/aromatic N) is 3. The summed E-state index contributed by atoms with van der Waals surface area (Å²) in [4.78, 5) is 4.19. The summed E-state index contributed by atoms with van der Waals surface area (Å²) in [5.74, 6) is 0.990. The third-order valence-electron chi connectivity index (χ3n) is 2.91. The molecule has 2 rings (SSSR count). The third kappa shape index (κ3) is 3.20. The zero-order valence-corrected chi connectivity index (χ0v) is 10.8. The first-order valence-corrected chi connectivity index (χ1v) is 6.46. The van der Waals surface area contributed by atoms with Gasteiger partial charge in [0.25, 0.3) is 0 Å². The second kappa shape index (κ2) is 6.35. The van der Waals surface area contributed by atoms with Crippen LogP contribution in [0.3, 0.4) is 0 Å². The molecule has 0 aliphatic heterocycles. The minimum Gasteiger partial charge on any atom is -0.396 e. The van der Waals surface area contributed by atoms with Crippen molar-refractivity contribution < 1.29 is 5.11 Å². The van der Waals surface area contributed by atoms with Gasteiger partial charge in [-0.3, -0.25) is 0 Å². The van der Waals surface area contributed by atoms with Crippen molar-refractivity contribution in [2.24, 2.45) is 0 Å². The Labute approximate surface area is 107 Å². The summed E-state index contributed by atoms with van der Waals surface area (Å²) in [7, 11) is 0. The molecule has 0 aromatic carbocycles. The van der Waals surface area contributed by atoms with Crippen molar-refractivity contribution in [2.75, 3.05) is 18.5 Å². The molecule has 2 N–H and O–H groups in total. The Morgan fingerprint density at radius 1 is 1.22 bits per heavy atom. The summed E-state index contributed by atoms with van der Waals surface area (Å²) in [6, 6.07) is 4.09. The molecule has 0 spiro atoms. The van der Waals surface area contributed by atoms with E-state index in [0.717, 1.165) is 43.7 Å². The molecular weight excluding hydrogens is 228 g/mol. The highest BCUT2D eigenvalue weighted by atomic mass is 16.2. The van der Waals surface area contributed by atoms with Crippen LogP contribution in [0.2, 0.25) is 0 Å². The lowest BCUT2D eigenvalue weighted by Crippen LogP contribution is -2.07. The molecule has 0 unspecified atom stereocenters. The van der Waals surface area contributed by atoms with Gasteiger partial charge in [0, 0.05) is 13.2 Å². The predicted octanol–water partition coefficient (Wildman–Crippen LogP) is 2.00. The number of anilines is 1. The van der Waals surface area contributed by atoms with Crippen LogP contribution in [0.15, 0.2) is 18.5 Å². The predicted molar refractivity (Wildman–Crippen MR) is 71.8 cm³/mol. The number of hydrogen-bond acceptors (Lipinski definition) is 4. The number of aliphatic hydroxyl groups excluding tert-OH is 1. The molecule has 0 aliphatic carbocycles. The molecule has 5 nitrogen and oxygen atoms in total. The summed E-state index contributed by atoms with van der Waals surface area (Å²) in [5, 5.41) is 16.3. The molecule has 98 valence electrons. The minimum atomic E-state index is 0.297. The molecule has 0 aliphatic rings. The number of aromatic nitrogens is 3. The maximum atomic E-state index is 8.69. The Hall–Kier alpha value is -1.62. The lowest BCUT2D eigenvalue weighted by molar-refractivity contribution is 0.283. The highest BCUT2D eigenvalue weighted by Gasteiger charge is 2.02. The number of nitrogens with one attached hydrogen (secondary N) is 1. The van der Waals surface area contributed by atoms with Crippen LogP contribution in [0.5, 0.6) is 0 Å². The number of fused-ring (bicyclic) bond motifs is 1. The van der Waals surface area contributed by atoms with Gasteiger partial charge >= 0.3 is 0 Å². The molecule has 0 atom stereocenters. The Balaban J connectivity index is 1.89. The van der Waals surface area contributed by atoms with Crippen molar-refractivity contribution in [3.05, 3.63) is 24.0 Å². The van der Waals surface area contributed by atoms with Crippen LogP contribution < -0.4 is 5.32 Å². The van der Waals surface area contributed by atoms with Gasteiger partial charge in [0.2, 0.25) is 0 Å². The fourth-order valence-corrected chi connectivity index (χ4v) is 1.99. The van der Waals surface area contributed by atoms with Gasteiger partial charge in [0.15, 0.2) is 5.65 Å². The first kappa shape index (κ1) is 12.8. The zero-order chi connectivity index (χ0) is 12.8. The molecule has 2 aromatic heterocycles. The maximum absolute atomic E-state index is 8.69. The molecule has 18 heavy (non-hydrogen) atoms. The van der Waals surface area contributed by atoms with Crippen LogP contribution in [-0.2, 0) is 0 Å². The van der Waals surface area contributed by atoms with Crippen LogP contribution in [0.1, 0.15) is 31.2 Å². The van der Waals surface area contributed by atoms with Crippen LogP contribution in [-0.4, -0.2) is 32.9 Å². The van der Waals surface area contributed by atoms with Gasteiger partial charge in [0.05, 0.1) is 0 Å². The molecule has 0 amide bonds. The summed E-state index contributed by atoms with van der Waals surface area (Å²) in [5.41, 5.74) is 2.05. The summed E-state index contributed by atoms with van der Waals surface area (Å²) >= 11 is 0. The van der Waals surface area contributed by atoms with Crippen molar-refractivity contribution >= 4 is 11.5 Å². The summed E-state index contributed by atoms with van der Waals surface area (Å²) in [6.07, 6.45) is 5.80. The van der Waals surface area contributed by atoms with Crippen molar-refractivity contribution in [1.82, 2.24) is 14.6 Å². The van der Waals surface area contributed by atoms with E-state index >= 15 is 0 Å². The Kier molecular flexibility index (Phi) is 4.52. The molecule has 0 saturated heterocycles. The SMILES string of the molecule is Cc1cc(NCCCCCCO)n2ncnc2c1. The van der Waals surface area contributed by atoms with Crippen molar-refractivity contribution in [2.45, 2.75) is 32.6 Å². The first-order valence-electron chi connectivity index (χ1n) is 6.46. The number of hydrogen-bond donors (Lipinski definition) is 2. The molecule has 0 radical (unpaired) electrons. The number of aryl methyl sites for hydroxylation is 1. The second-order valence-electron chi connectivity index (χ2n) is 4.51. The Morgan fingerprint density at radius 2 is 2.06 bits per heavy atom. The van der Waals surface area contributed by atoms with E-state index in [1.165, 1.54) is 5.56 Å². The monoisotopic (exact) mass is 248 g/mol. The Bertz CT molecular complexity index is 495. The standard InChI is InChI=1S/C13H20N4O/c1-11-8-12(14-6-4-2-3-5-7-18)17-13(9-11)15-10-16-17/h8-10,14,18H,2-7H2,1H3. The van der Waals surface area contributed by atoms with E-state index in [1.807, 2.05) is 10.6 Å². The van der Waals surface area contributed by atoms with Gasteiger partial charge in [-0.1, -0.05) is 12.8 Å². The minimum absolute atomic E-state index is 0.297. The van der Waals surface area contributed by atoms with Crippen molar-refractivity contribution in [3.8, 4) is 0 Å². The molecule has 2 heterocycles. The fraction of sp³-hybridized carbons (Fsp3) is 0.538. The highest BCUT2D eigenvalue weighted by Crippen LogP contribution is 2.13. The van der Waals surface area contributed by atoms with E-state index in [-0.39, 0.29) is 0 Å². The van der Waals surface area contributed by atoms with Crippen molar-refractivity contribution in [3.63, 3.8) is 0 Å². The van der Waals surface area contributed by atoms with Crippen LogP contribution in [0, 0.1) is 6.92 Å². The van der Waals surface area contributed by atoms with E-state index in [2.05, 4.69) is 28.4 Å². The maximum Gasteiger partial charge on any atom is 0.157 e.